The van der Waals surface area contributed by atoms with Gasteiger partial charge in [0.05, 0.1) is 24.8 Å². The average Bonchev–Trinajstić information content (AvgIpc) is 2.95. The molecule has 0 saturated heterocycles. The lowest BCUT2D eigenvalue weighted by Gasteiger charge is -2.16. The molecular formula is C20H22Cl2N2O4. The molecule has 2 aromatic rings. The van der Waals surface area contributed by atoms with E-state index in [-0.39, 0.29) is 29.6 Å². The third kappa shape index (κ3) is 4.75. The van der Waals surface area contributed by atoms with Gasteiger partial charge < -0.3 is 15.0 Å². The van der Waals surface area contributed by atoms with Crippen molar-refractivity contribution in [3.05, 3.63) is 56.3 Å². The molecule has 0 aliphatic rings. The zero-order valence-electron chi connectivity index (χ0n) is 16.1. The fourth-order valence-corrected chi connectivity index (χ4v) is 3.86. The Morgan fingerprint density at radius 3 is 2.36 bits per heavy atom. The van der Waals surface area contributed by atoms with Crippen LogP contribution in [-0.4, -0.2) is 36.3 Å². The van der Waals surface area contributed by atoms with E-state index < -0.39 is 5.97 Å². The Bertz CT molecular complexity index is 901. The summed E-state index contributed by atoms with van der Waals surface area (Å²) in [6.07, 6.45) is -0.0957. The first-order valence-electron chi connectivity index (χ1n) is 8.68. The molecule has 2 N–H and O–H groups in total. The number of carbonyl (C=O) groups excluding carboxylic acids is 3. The first kappa shape index (κ1) is 22.0. The summed E-state index contributed by atoms with van der Waals surface area (Å²) < 4.78 is 4.78. The van der Waals surface area contributed by atoms with Gasteiger partial charge in [0.25, 0.3) is 0 Å². The minimum atomic E-state index is -0.597. The van der Waals surface area contributed by atoms with Gasteiger partial charge in [-0.05, 0) is 30.2 Å². The number of ketones is 1. The van der Waals surface area contributed by atoms with E-state index in [1.165, 1.54) is 14.0 Å². The summed E-state index contributed by atoms with van der Waals surface area (Å²) in [4.78, 5) is 39.2. The summed E-state index contributed by atoms with van der Waals surface area (Å²) in [6, 6.07) is 5.25. The minimum Gasteiger partial charge on any atom is -0.465 e. The van der Waals surface area contributed by atoms with E-state index in [4.69, 9.17) is 27.9 Å². The summed E-state index contributed by atoms with van der Waals surface area (Å²) in [5.74, 6) is -1.24. The molecule has 2 rings (SSSR count). The maximum absolute atomic E-state index is 12.4. The van der Waals surface area contributed by atoms with Gasteiger partial charge in [-0.25, -0.2) is 4.79 Å². The molecule has 8 heteroatoms. The molecule has 0 bridgehead atoms. The second kappa shape index (κ2) is 9.26. The molecule has 0 aliphatic heterocycles. The number of H-pyrrole nitrogens is 1. The van der Waals surface area contributed by atoms with Crippen LogP contribution in [0, 0.1) is 6.92 Å². The van der Waals surface area contributed by atoms with E-state index in [1.807, 2.05) is 6.92 Å². The van der Waals surface area contributed by atoms with Crippen LogP contribution in [0.15, 0.2) is 18.2 Å². The summed E-state index contributed by atoms with van der Waals surface area (Å²) in [7, 11) is 1.25. The van der Waals surface area contributed by atoms with Crippen LogP contribution in [0.3, 0.4) is 0 Å². The van der Waals surface area contributed by atoms with Crippen molar-refractivity contribution < 1.29 is 19.1 Å². The number of hydrogen-bond acceptors (Lipinski definition) is 4. The number of rotatable bonds is 7. The van der Waals surface area contributed by atoms with E-state index in [0.29, 0.717) is 33.5 Å². The first-order valence-corrected chi connectivity index (χ1v) is 9.44. The second-order valence-electron chi connectivity index (χ2n) is 6.54. The van der Waals surface area contributed by atoms with Crippen molar-refractivity contribution in [1.82, 2.24) is 10.3 Å². The van der Waals surface area contributed by atoms with Crippen LogP contribution in [0.1, 0.15) is 57.4 Å². The quantitative estimate of drug-likeness (QED) is 0.517. The largest absolute Gasteiger partial charge is 0.465 e. The molecular weight excluding hydrogens is 403 g/mol. The summed E-state index contributed by atoms with van der Waals surface area (Å²) in [6.45, 7) is 5.25. The Balaban J connectivity index is 2.14. The molecule has 0 radical (unpaired) electrons. The van der Waals surface area contributed by atoms with Gasteiger partial charge in [0.15, 0.2) is 5.78 Å². The average molecular weight is 425 g/mol. The summed E-state index contributed by atoms with van der Waals surface area (Å²) in [5, 5.41) is 3.88. The highest BCUT2D eigenvalue weighted by Crippen LogP contribution is 2.31. The normalized spacial score (nSPS) is 11.8. The van der Waals surface area contributed by atoms with Crippen molar-refractivity contribution >= 4 is 40.9 Å². The summed E-state index contributed by atoms with van der Waals surface area (Å²) >= 11 is 12.4. The Hall–Kier alpha value is -2.31. The number of halogens is 2. The maximum Gasteiger partial charge on any atom is 0.339 e. The smallest absolute Gasteiger partial charge is 0.339 e. The Labute approximate surface area is 173 Å². The molecule has 1 aromatic heterocycles. The number of aromatic nitrogens is 1. The number of amides is 1. The highest BCUT2D eigenvalue weighted by molar-refractivity contribution is 6.36. The molecule has 1 heterocycles. The van der Waals surface area contributed by atoms with E-state index in [0.717, 1.165) is 5.56 Å². The third-order valence-corrected chi connectivity index (χ3v) is 5.16. The highest BCUT2D eigenvalue weighted by atomic mass is 35.5. The monoisotopic (exact) mass is 424 g/mol. The van der Waals surface area contributed by atoms with Gasteiger partial charge in [-0.3, -0.25) is 9.59 Å². The van der Waals surface area contributed by atoms with Gasteiger partial charge in [-0.1, -0.05) is 36.2 Å². The fourth-order valence-electron chi connectivity index (χ4n) is 3.10. The zero-order chi connectivity index (χ0) is 21.0. The highest BCUT2D eigenvalue weighted by Gasteiger charge is 2.24. The Morgan fingerprint density at radius 2 is 1.82 bits per heavy atom. The van der Waals surface area contributed by atoms with Gasteiger partial charge in [-0.2, -0.15) is 0 Å². The van der Waals surface area contributed by atoms with E-state index in [2.05, 4.69) is 10.3 Å². The molecule has 0 aliphatic carbocycles. The molecule has 150 valence electrons. The van der Waals surface area contributed by atoms with Gasteiger partial charge >= 0.3 is 5.97 Å². The SMILES string of the molecule is COC(=O)c1c(CC(=O)NCC(C)c2c(Cl)cccc2Cl)[nH]c(C(C)=O)c1C. The molecule has 1 aromatic carbocycles. The standard InChI is InChI=1S/C20H22Cl2N2O4/c1-10(17-13(21)6-5-7-14(17)22)9-23-16(26)8-15-18(20(27)28-4)11(2)19(24-15)12(3)25/h5-7,10,24H,8-9H2,1-4H3,(H,23,26). The molecule has 0 fully saturated rings. The molecule has 1 atom stereocenters. The predicted octanol–water partition coefficient (Wildman–Crippen LogP) is 4.08. The third-order valence-electron chi connectivity index (χ3n) is 4.50. The van der Waals surface area contributed by atoms with Crippen LogP contribution in [-0.2, 0) is 16.0 Å². The number of Topliss-reactive ketones (excluding diaryl/α,β-unsaturated/α-hetero) is 1. The number of esters is 1. The zero-order valence-corrected chi connectivity index (χ0v) is 17.6. The number of methoxy groups -OCH3 is 1. The maximum atomic E-state index is 12.4. The van der Waals surface area contributed by atoms with E-state index in [1.54, 1.807) is 25.1 Å². The lowest BCUT2D eigenvalue weighted by molar-refractivity contribution is -0.120. The van der Waals surface area contributed by atoms with Crippen LogP contribution in [0.25, 0.3) is 0 Å². The van der Waals surface area contributed by atoms with Gasteiger partial charge in [0, 0.05) is 35.1 Å². The number of nitrogens with one attached hydrogen (secondary N) is 2. The fraction of sp³-hybridized carbons (Fsp3) is 0.350. The topological polar surface area (TPSA) is 88.3 Å². The molecule has 0 spiro atoms. The van der Waals surface area contributed by atoms with E-state index in [9.17, 15) is 14.4 Å². The van der Waals surface area contributed by atoms with Crippen LogP contribution in [0.4, 0.5) is 0 Å². The molecule has 6 nitrogen and oxygen atoms in total. The van der Waals surface area contributed by atoms with Crippen LogP contribution in [0.2, 0.25) is 10.0 Å². The van der Waals surface area contributed by atoms with Crippen molar-refractivity contribution in [2.24, 2.45) is 0 Å². The molecule has 0 saturated carbocycles. The van der Waals surface area contributed by atoms with Gasteiger partial charge in [-0.15, -0.1) is 0 Å². The number of carbonyl (C=O) groups is 3. The van der Waals surface area contributed by atoms with Gasteiger partial charge in [0.2, 0.25) is 5.91 Å². The molecule has 28 heavy (non-hydrogen) atoms. The number of hydrogen-bond donors (Lipinski definition) is 2. The number of aromatic amines is 1. The van der Waals surface area contributed by atoms with Crippen molar-refractivity contribution in [2.45, 2.75) is 33.1 Å². The molecule has 1 amide bonds. The van der Waals surface area contributed by atoms with Crippen molar-refractivity contribution in [3.63, 3.8) is 0 Å². The van der Waals surface area contributed by atoms with Gasteiger partial charge in [0.1, 0.15) is 0 Å². The minimum absolute atomic E-state index is 0.0957. The Kier molecular flexibility index (Phi) is 7.27. The van der Waals surface area contributed by atoms with Crippen molar-refractivity contribution in [3.8, 4) is 0 Å². The molecule has 1 unspecified atom stereocenters. The van der Waals surface area contributed by atoms with Crippen molar-refractivity contribution in [2.75, 3.05) is 13.7 Å². The van der Waals surface area contributed by atoms with Crippen molar-refractivity contribution in [1.29, 1.82) is 0 Å². The second-order valence-corrected chi connectivity index (χ2v) is 7.36. The van der Waals surface area contributed by atoms with Crippen LogP contribution in [0.5, 0.6) is 0 Å². The number of ether oxygens (including phenoxy) is 1. The van der Waals surface area contributed by atoms with E-state index >= 15 is 0 Å². The first-order chi connectivity index (χ1) is 13.2. The number of benzene rings is 1. The summed E-state index contributed by atoms with van der Waals surface area (Å²) in [5.41, 5.74) is 2.08. The lowest BCUT2D eigenvalue weighted by Crippen LogP contribution is -2.29. The predicted molar refractivity (Wildman–Crippen MR) is 108 cm³/mol. The van der Waals surface area contributed by atoms with Crippen LogP contribution < -0.4 is 5.32 Å². The lowest BCUT2D eigenvalue weighted by atomic mass is 10.0. The van der Waals surface area contributed by atoms with Crippen LogP contribution >= 0.6 is 23.2 Å². The Morgan fingerprint density at radius 1 is 1.21 bits per heavy atom.